The molecule has 0 atom stereocenters. The molecule has 0 N–H and O–H groups in total. The van der Waals surface area contributed by atoms with Gasteiger partial charge in [0.05, 0.1) is 16.3 Å². The van der Waals surface area contributed by atoms with Gasteiger partial charge in [0.1, 0.15) is 10.6 Å². The fourth-order valence-electron chi connectivity index (χ4n) is 3.89. The van der Waals surface area contributed by atoms with Crippen LogP contribution < -0.4 is 4.90 Å². The van der Waals surface area contributed by atoms with Gasteiger partial charge in [0, 0.05) is 41.7 Å². The summed E-state index contributed by atoms with van der Waals surface area (Å²) < 4.78 is 16.1. The molecule has 158 valence electrons. The van der Waals surface area contributed by atoms with Crippen LogP contribution in [0.25, 0.3) is 15.9 Å². The van der Waals surface area contributed by atoms with Gasteiger partial charge in [-0.1, -0.05) is 15.9 Å². The summed E-state index contributed by atoms with van der Waals surface area (Å²) in [5, 5.41) is 5.68. The van der Waals surface area contributed by atoms with Crippen LogP contribution in [0.3, 0.4) is 0 Å². The average Bonchev–Trinajstić information content (AvgIpc) is 3.35. The third-order valence-electron chi connectivity index (χ3n) is 5.59. The van der Waals surface area contributed by atoms with E-state index in [0.717, 1.165) is 49.7 Å². The van der Waals surface area contributed by atoms with E-state index in [1.165, 1.54) is 23.5 Å². The van der Waals surface area contributed by atoms with Gasteiger partial charge in [-0.3, -0.25) is 4.79 Å². The number of carbonyl (C=O) groups excluding carboxylic acids is 1. The van der Waals surface area contributed by atoms with Crippen molar-refractivity contribution in [3.8, 4) is 5.69 Å². The number of anilines is 1. The first-order valence-corrected chi connectivity index (χ1v) is 11.7. The fourth-order valence-corrected chi connectivity index (χ4v) is 5.30. The Labute approximate surface area is 191 Å². The van der Waals surface area contributed by atoms with Gasteiger partial charge in [-0.05, 0) is 61.5 Å². The number of thiophene rings is 1. The van der Waals surface area contributed by atoms with E-state index in [1.54, 1.807) is 12.1 Å². The second-order valence-corrected chi connectivity index (χ2v) is 9.51. The van der Waals surface area contributed by atoms with Crippen molar-refractivity contribution in [1.82, 2.24) is 14.7 Å². The van der Waals surface area contributed by atoms with Gasteiger partial charge in [-0.25, -0.2) is 9.07 Å². The van der Waals surface area contributed by atoms with E-state index in [2.05, 4.69) is 25.9 Å². The first-order chi connectivity index (χ1) is 15.0. The van der Waals surface area contributed by atoms with Gasteiger partial charge in [-0.2, -0.15) is 5.10 Å². The molecule has 0 radical (unpaired) electrons. The summed E-state index contributed by atoms with van der Waals surface area (Å²) in [6.45, 7) is 4.71. The number of rotatable bonds is 3. The lowest BCUT2D eigenvalue weighted by Crippen LogP contribution is -2.48. The van der Waals surface area contributed by atoms with Crippen molar-refractivity contribution < 1.29 is 9.18 Å². The van der Waals surface area contributed by atoms with Gasteiger partial charge in [0.25, 0.3) is 5.91 Å². The highest BCUT2D eigenvalue weighted by atomic mass is 79.9. The molecule has 1 aliphatic heterocycles. The van der Waals surface area contributed by atoms with E-state index in [4.69, 9.17) is 0 Å². The largest absolute Gasteiger partial charge is 0.368 e. The molecule has 2 aromatic carbocycles. The SMILES string of the molecule is Cc1nn(-c2ccc(Br)cc2)c2sc(C(=O)N3CCN(c4ccc(F)cc4)CC3)cc12. The summed E-state index contributed by atoms with van der Waals surface area (Å²) >= 11 is 4.95. The lowest BCUT2D eigenvalue weighted by molar-refractivity contribution is 0.0751. The minimum atomic E-state index is -0.237. The Morgan fingerprint density at radius 1 is 1.00 bits per heavy atom. The van der Waals surface area contributed by atoms with Crippen LogP contribution in [0.1, 0.15) is 15.4 Å². The van der Waals surface area contributed by atoms with E-state index in [1.807, 2.05) is 46.8 Å². The normalized spacial score (nSPS) is 14.4. The van der Waals surface area contributed by atoms with E-state index >= 15 is 0 Å². The number of fused-ring (bicyclic) bond motifs is 1. The van der Waals surface area contributed by atoms with Crippen LogP contribution in [0.2, 0.25) is 0 Å². The van der Waals surface area contributed by atoms with Crippen LogP contribution in [0.4, 0.5) is 10.1 Å². The minimum Gasteiger partial charge on any atom is -0.368 e. The molecule has 1 aliphatic rings. The highest BCUT2D eigenvalue weighted by Crippen LogP contribution is 2.32. The van der Waals surface area contributed by atoms with Crippen LogP contribution in [0.15, 0.2) is 59.1 Å². The molecule has 4 aromatic rings. The number of aromatic nitrogens is 2. The van der Waals surface area contributed by atoms with Crippen molar-refractivity contribution in [2.24, 2.45) is 0 Å². The monoisotopic (exact) mass is 498 g/mol. The number of benzene rings is 2. The van der Waals surface area contributed by atoms with Crippen LogP contribution in [0.5, 0.6) is 0 Å². The standard InChI is InChI=1S/C23H20BrFN4OS/c1-15-20-14-21(31-23(20)29(26-15)19-6-2-16(24)3-7-19)22(30)28-12-10-27(11-13-28)18-8-4-17(25)5-9-18/h2-9,14H,10-13H2,1H3. The summed E-state index contributed by atoms with van der Waals surface area (Å²) in [4.78, 5) is 19.0. The zero-order chi connectivity index (χ0) is 21.5. The number of nitrogens with zero attached hydrogens (tertiary/aromatic N) is 4. The Bertz CT molecular complexity index is 1240. The molecule has 2 aromatic heterocycles. The van der Waals surface area contributed by atoms with E-state index < -0.39 is 0 Å². The van der Waals surface area contributed by atoms with Crippen LogP contribution >= 0.6 is 27.3 Å². The van der Waals surface area contributed by atoms with E-state index in [9.17, 15) is 9.18 Å². The topological polar surface area (TPSA) is 41.4 Å². The molecular formula is C23H20BrFN4OS. The number of piperazine rings is 1. The van der Waals surface area contributed by atoms with Crippen molar-refractivity contribution in [2.75, 3.05) is 31.1 Å². The van der Waals surface area contributed by atoms with Crippen molar-refractivity contribution in [3.63, 3.8) is 0 Å². The molecule has 5 rings (SSSR count). The Kier molecular flexibility index (Phi) is 5.27. The Morgan fingerprint density at radius 3 is 2.32 bits per heavy atom. The van der Waals surface area contributed by atoms with E-state index in [0.29, 0.717) is 13.1 Å². The zero-order valence-electron chi connectivity index (χ0n) is 16.9. The number of carbonyl (C=O) groups is 1. The molecule has 0 aliphatic carbocycles. The second kappa shape index (κ2) is 8.09. The molecule has 0 saturated carbocycles. The highest BCUT2D eigenvalue weighted by molar-refractivity contribution is 9.10. The molecule has 1 saturated heterocycles. The highest BCUT2D eigenvalue weighted by Gasteiger charge is 2.25. The van der Waals surface area contributed by atoms with Gasteiger partial charge in [-0.15, -0.1) is 11.3 Å². The zero-order valence-corrected chi connectivity index (χ0v) is 19.3. The molecule has 0 bridgehead atoms. The van der Waals surface area contributed by atoms with Crippen LogP contribution in [-0.2, 0) is 0 Å². The molecule has 8 heteroatoms. The van der Waals surface area contributed by atoms with Gasteiger partial charge >= 0.3 is 0 Å². The molecule has 0 spiro atoms. The molecule has 3 heterocycles. The van der Waals surface area contributed by atoms with Crippen molar-refractivity contribution in [3.05, 3.63) is 75.5 Å². The Hall–Kier alpha value is -2.71. The molecule has 0 unspecified atom stereocenters. The summed E-state index contributed by atoms with van der Waals surface area (Å²) in [6, 6.07) is 16.5. The number of hydrogen-bond acceptors (Lipinski definition) is 4. The lowest BCUT2D eigenvalue weighted by atomic mass is 10.2. The van der Waals surface area contributed by atoms with Crippen molar-refractivity contribution in [1.29, 1.82) is 0 Å². The number of aryl methyl sites for hydroxylation is 1. The smallest absolute Gasteiger partial charge is 0.264 e. The second-order valence-electron chi connectivity index (χ2n) is 7.56. The number of amides is 1. The summed E-state index contributed by atoms with van der Waals surface area (Å²) in [5.74, 6) is -0.180. The number of hydrogen-bond donors (Lipinski definition) is 0. The molecule has 1 amide bonds. The van der Waals surface area contributed by atoms with Gasteiger partial charge in [0.2, 0.25) is 0 Å². The molecule has 31 heavy (non-hydrogen) atoms. The first kappa shape index (κ1) is 20.2. The third kappa shape index (κ3) is 3.85. The fraction of sp³-hybridized carbons (Fsp3) is 0.217. The predicted octanol–water partition coefficient (Wildman–Crippen LogP) is 5.26. The summed E-state index contributed by atoms with van der Waals surface area (Å²) in [6.07, 6.45) is 0. The summed E-state index contributed by atoms with van der Waals surface area (Å²) in [5.41, 5.74) is 2.87. The Morgan fingerprint density at radius 2 is 1.65 bits per heavy atom. The maximum absolute atomic E-state index is 13.2. The number of halogens is 2. The van der Waals surface area contributed by atoms with Crippen molar-refractivity contribution >= 4 is 49.1 Å². The lowest BCUT2D eigenvalue weighted by Gasteiger charge is -2.36. The minimum absolute atomic E-state index is 0.0571. The van der Waals surface area contributed by atoms with Crippen LogP contribution in [0, 0.1) is 12.7 Å². The maximum atomic E-state index is 13.2. The van der Waals surface area contributed by atoms with E-state index in [-0.39, 0.29) is 11.7 Å². The van der Waals surface area contributed by atoms with Gasteiger partial charge in [0.15, 0.2) is 0 Å². The average molecular weight is 499 g/mol. The first-order valence-electron chi connectivity index (χ1n) is 10.0. The maximum Gasteiger partial charge on any atom is 0.264 e. The molecule has 5 nitrogen and oxygen atoms in total. The molecular weight excluding hydrogens is 479 g/mol. The van der Waals surface area contributed by atoms with Crippen molar-refractivity contribution in [2.45, 2.75) is 6.92 Å². The van der Waals surface area contributed by atoms with Gasteiger partial charge < -0.3 is 9.80 Å². The summed E-state index contributed by atoms with van der Waals surface area (Å²) in [7, 11) is 0. The third-order valence-corrected chi connectivity index (χ3v) is 7.21. The predicted molar refractivity (Wildman–Crippen MR) is 126 cm³/mol. The quantitative estimate of drug-likeness (QED) is 0.386. The van der Waals surface area contributed by atoms with Crippen LogP contribution in [-0.4, -0.2) is 46.8 Å². The molecule has 1 fully saturated rings. The Balaban J connectivity index is 1.35.